The van der Waals surface area contributed by atoms with Gasteiger partial charge in [-0.05, 0) is 51.2 Å². The zero-order chi connectivity index (χ0) is 13.6. The predicted octanol–water partition coefficient (Wildman–Crippen LogP) is 3.15. The highest BCUT2D eigenvalue weighted by atomic mass is 28.4. The topological polar surface area (TPSA) is 44.5 Å². The fraction of sp³-hybridized carbons (Fsp3) is 1.00. The number of hydrogen-bond acceptors (Lipinski definition) is 3. The first-order chi connectivity index (χ1) is 8.42. The van der Waals surface area contributed by atoms with Crippen molar-refractivity contribution in [2.24, 2.45) is 11.7 Å². The van der Waals surface area contributed by atoms with E-state index in [1.54, 1.807) is 0 Å². The summed E-state index contributed by atoms with van der Waals surface area (Å²) in [5, 5.41) is 0. The van der Waals surface area contributed by atoms with Crippen molar-refractivity contribution in [2.45, 2.75) is 70.8 Å². The lowest BCUT2D eigenvalue weighted by Crippen LogP contribution is -2.44. The van der Waals surface area contributed by atoms with Crippen molar-refractivity contribution in [2.75, 3.05) is 13.2 Å². The standard InChI is InChI=1S/C14H31NO2Si/c1-5-6-14(17-18(2,3)4)13(15)11-12-7-9-16-10-8-12/h12-14H,5-11,15H2,1-4H3/t13-,14+/m0/s1. The van der Waals surface area contributed by atoms with Gasteiger partial charge in [-0.15, -0.1) is 0 Å². The van der Waals surface area contributed by atoms with E-state index in [0.29, 0.717) is 0 Å². The fourth-order valence-electron chi connectivity index (χ4n) is 2.62. The molecule has 2 N–H and O–H groups in total. The van der Waals surface area contributed by atoms with Crippen LogP contribution in [0.3, 0.4) is 0 Å². The lowest BCUT2D eigenvalue weighted by atomic mass is 9.90. The Kier molecular flexibility index (Phi) is 6.85. The van der Waals surface area contributed by atoms with Gasteiger partial charge in [-0.25, -0.2) is 0 Å². The molecule has 0 aromatic rings. The Hall–Kier alpha value is 0.0969. The van der Waals surface area contributed by atoms with Gasteiger partial charge in [0.2, 0.25) is 0 Å². The second-order valence-corrected chi connectivity index (χ2v) is 11.0. The van der Waals surface area contributed by atoms with Crippen LogP contribution in [0.15, 0.2) is 0 Å². The molecule has 0 spiro atoms. The second kappa shape index (κ2) is 7.63. The molecule has 0 radical (unpaired) electrons. The van der Waals surface area contributed by atoms with Crippen LogP contribution in [-0.4, -0.2) is 33.7 Å². The van der Waals surface area contributed by atoms with Crippen molar-refractivity contribution in [3.63, 3.8) is 0 Å². The summed E-state index contributed by atoms with van der Waals surface area (Å²) in [4.78, 5) is 0. The van der Waals surface area contributed by atoms with E-state index in [-0.39, 0.29) is 12.1 Å². The van der Waals surface area contributed by atoms with E-state index in [4.69, 9.17) is 14.9 Å². The Balaban J connectivity index is 2.44. The summed E-state index contributed by atoms with van der Waals surface area (Å²) in [6.07, 6.45) is 5.92. The van der Waals surface area contributed by atoms with Crippen LogP contribution in [-0.2, 0) is 9.16 Å². The van der Waals surface area contributed by atoms with Crippen molar-refractivity contribution in [1.29, 1.82) is 0 Å². The Labute approximate surface area is 114 Å². The number of rotatable bonds is 7. The molecule has 0 aromatic carbocycles. The van der Waals surface area contributed by atoms with Gasteiger partial charge in [0.15, 0.2) is 8.32 Å². The summed E-state index contributed by atoms with van der Waals surface area (Å²) in [7, 11) is -1.49. The molecule has 0 bridgehead atoms. The number of nitrogens with two attached hydrogens (primary N) is 1. The minimum atomic E-state index is -1.49. The number of hydrogen-bond donors (Lipinski definition) is 1. The van der Waals surface area contributed by atoms with E-state index >= 15 is 0 Å². The van der Waals surface area contributed by atoms with Crippen LogP contribution in [0, 0.1) is 5.92 Å². The molecule has 1 rings (SSSR count). The summed E-state index contributed by atoms with van der Waals surface area (Å²) in [5.74, 6) is 0.735. The van der Waals surface area contributed by atoms with Crippen molar-refractivity contribution in [1.82, 2.24) is 0 Å². The molecule has 4 heteroatoms. The highest BCUT2D eigenvalue weighted by Crippen LogP contribution is 2.23. The molecule has 1 saturated heterocycles. The van der Waals surface area contributed by atoms with Crippen molar-refractivity contribution >= 4 is 8.32 Å². The van der Waals surface area contributed by atoms with Gasteiger partial charge < -0.3 is 14.9 Å². The molecule has 0 saturated carbocycles. The fourth-order valence-corrected chi connectivity index (χ4v) is 3.82. The van der Waals surface area contributed by atoms with Crippen LogP contribution in [0.1, 0.15) is 39.0 Å². The Morgan fingerprint density at radius 2 is 1.89 bits per heavy atom. The zero-order valence-corrected chi connectivity index (χ0v) is 13.6. The van der Waals surface area contributed by atoms with Crippen LogP contribution in [0.25, 0.3) is 0 Å². The lowest BCUT2D eigenvalue weighted by molar-refractivity contribution is 0.0532. The Morgan fingerprint density at radius 3 is 2.39 bits per heavy atom. The van der Waals surface area contributed by atoms with E-state index in [2.05, 4.69) is 26.6 Å². The first kappa shape index (κ1) is 16.2. The van der Waals surface area contributed by atoms with Gasteiger partial charge in [0.25, 0.3) is 0 Å². The summed E-state index contributed by atoms with van der Waals surface area (Å²) >= 11 is 0. The van der Waals surface area contributed by atoms with Crippen LogP contribution < -0.4 is 5.73 Å². The van der Waals surface area contributed by atoms with Gasteiger partial charge in [0.05, 0.1) is 6.10 Å². The third kappa shape index (κ3) is 6.32. The lowest BCUT2D eigenvalue weighted by Gasteiger charge is -2.33. The minimum Gasteiger partial charge on any atom is -0.413 e. The van der Waals surface area contributed by atoms with Crippen molar-refractivity contribution < 1.29 is 9.16 Å². The van der Waals surface area contributed by atoms with Crippen LogP contribution in [0.2, 0.25) is 19.6 Å². The smallest absolute Gasteiger partial charge is 0.184 e. The molecule has 0 unspecified atom stereocenters. The third-order valence-corrected chi connectivity index (χ3v) is 4.51. The van der Waals surface area contributed by atoms with Gasteiger partial charge in [-0.2, -0.15) is 0 Å². The van der Waals surface area contributed by atoms with E-state index in [9.17, 15) is 0 Å². The second-order valence-electron chi connectivity index (χ2n) is 6.51. The molecular formula is C14H31NO2Si. The maximum absolute atomic E-state index is 6.40. The van der Waals surface area contributed by atoms with Crippen LogP contribution >= 0.6 is 0 Å². The maximum atomic E-state index is 6.40. The average molecular weight is 273 g/mol. The molecule has 1 fully saturated rings. The molecular weight excluding hydrogens is 242 g/mol. The zero-order valence-electron chi connectivity index (χ0n) is 12.6. The molecule has 3 nitrogen and oxygen atoms in total. The summed E-state index contributed by atoms with van der Waals surface area (Å²) < 4.78 is 11.7. The normalized spacial score (nSPS) is 21.8. The number of ether oxygens (including phenoxy) is 1. The molecule has 0 aromatic heterocycles. The molecule has 1 aliphatic rings. The summed E-state index contributed by atoms with van der Waals surface area (Å²) in [5.41, 5.74) is 6.40. The largest absolute Gasteiger partial charge is 0.413 e. The van der Waals surface area contributed by atoms with E-state index in [0.717, 1.165) is 38.4 Å². The molecule has 1 heterocycles. The highest BCUT2D eigenvalue weighted by Gasteiger charge is 2.27. The molecule has 0 aliphatic carbocycles. The predicted molar refractivity (Wildman–Crippen MR) is 79.3 cm³/mol. The summed E-state index contributed by atoms with van der Waals surface area (Å²) in [6.45, 7) is 10.8. The van der Waals surface area contributed by atoms with Gasteiger partial charge >= 0.3 is 0 Å². The van der Waals surface area contributed by atoms with Gasteiger partial charge in [0, 0.05) is 19.3 Å². The van der Waals surface area contributed by atoms with Gasteiger partial charge in [-0.3, -0.25) is 0 Å². The molecule has 108 valence electrons. The molecule has 1 aliphatic heterocycles. The minimum absolute atomic E-state index is 0.194. The average Bonchev–Trinajstić information content (AvgIpc) is 2.28. The van der Waals surface area contributed by atoms with Crippen molar-refractivity contribution in [3.05, 3.63) is 0 Å². The van der Waals surface area contributed by atoms with E-state index < -0.39 is 8.32 Å². The Morgan fingerprint density at radius 1 is 1.28 bits per heavy atom. The van der Waals surface area contributed by atoms with Crippen LogP contribution in [0.5, 0.6) is 0 Å². The Bertz CT molecular complexity index is 224. The first-order valence-corrected chi connectivity index (χ1v) is 10.8. The molecule has 2 atom stereocenters. The monoisotopic (exact) mass is 273 g/mol. The summed E-state index contributed by atoms with van der Waals surface area (Å²) in [6, 6.07) is 0.194. The molecule has 0 amide bonds. The third-order valence-electron chi connectivity index (χ3n) is 3.50. The van der Waals surface area contributed by atoms with Crippen LogP contribution in [0.4, 0.5) is 0 Å². The first-order valence-electron chi connectivity index (χ1n) is 7.43. The SMILES string of the molecule is CCC[C@@H](O[Si](C)(C)C)[C@@H](N)CC1CCOCC1. The maximum Gasteiger partial charge on any atom is 0.184 e. The van der Waals surface area contributed by atoms with E-state index in [1.807, 2.05) is 0 Å². The molecule has 18 heavy (non-hydrogen) atoms. The van der Waals surface area contributed by atoms with Gasteiger partial charge in [0.1, 0.15) is 0 Å². The quantitative estimate of drug-likeness (QED) is 0.725. The van der Waals surface area contributed by atoms with Crippen molar-refractivity contribution in [3.8, 4) is 0 Å². The van der Waals surface area contributed by atoms with E-state index in [1.165, 1.54) is 12.8 Å². The van der Waals surface area contributed by atoms with Gasteiger partial charge in [-0.1, -0.05) is 13.3 Å². The highest BCUT2D eigenvalue weighted by molar-refractivity contribution is 6.69.